The van der Waals surface area contributed by atoms with Crippen LogP contribution < -0.4 is 0 Å². The van der Waals surface area contributed by atoms with Crippen LogP contribution in [0, 0.1) is 0 Å². The predicted octanol–water partition coefficient (Wildman–Crippen LogP) is 6.96. The summed E-state index contributed by atoms with van der Waals surface area (Å²) < 4.78 is 147. The van der Waals surface area contributed by atoms with Crippen molar-refractivity contribution in [3.8, 4) is 0 Å². The Morgan fingerprint density at radius 2 is 0.536 bits per heavy atom. The van der Waals surface area contributed by atoms with Crippen LogP contribution in [0.5, 0.6) is 0 Å². The van der Waals surface area contributed by atoms with Crippen molar-refractivity contribution in [3.05, 3.63) is 0 Å². The van der Waals surface area contributed by atoms with Crippen molar-refractivity contribution in [2.24, 2.45) is 0 Å². The molecule has 0 unspecified atom stereocenters. The summed E-state index contributed by atoms with van der Waals surface area (Å²) in [7, 11) is -18.0. The van der Waals surface area contributed by atoms with Crippen molar-refractivity contribution in [1.82, 2.24) is 0 Å². The van der Waals surface area contributed by atoms with Gasteiger partial charge in [0, 0.05) is 0 Å². The molecule has 0 aromatic rings. The van der Waals surface area contributed by atoms with Gasteiger partial charge in [-0.3, -0.25) is 0 Å². The third-order valence-electron chi connectivity index (χ3n) is 2.68. The highest BCUT2D eigenvalue weighted by molar-refractivity contribution is 6.50. The molecule has 0 aromatic heterocycles. The molecule has 0 atom stereocenters. The van der Waals surface area contributed by atoms with E-state index in [0.717, 1.165) is 0 Å². The molecule has 0 amide bonds. The van der Waals surface area contributed by atoms with E-state index in [4.69, 9.17) is 0 Å². The third-order valence-corrected chi connectivity index (χ3v) is 2.68. The van der Waals surface area contributed by atoms with Gasteiger partial charge < -0.3 is 56.3 Å². The van der Waals surface area contributed by atoms with E-state index in [1.807, 2.05) is 0 Å². The fourth-order valence-electron chi connectivity index (χ4n) is 1.34. The molecule has 0 saturated carbocycles. The topological polar surface area (TPSA) is 0 Å². The maximum atomic E-state index is 9.75. The lowest BCUT2D eigenvalue weighted by Crippen LogP contribution is -2.47. The Morgan fingerprint density at radius 1 is 0.464 bits per heavy atom. The van der Waals surface area contributed by atoms with Gasteiger partial charge in [-0.25, -0.2) is 0 Å². The summed E-state index contributed by atoms with van der Waals surface area (Å²) in [5, 5.41) is 0. The number of hydrogen-bond donors (Lipinski definition) is 0. The van der Waals surface area contributed by atoms with Crippen LogP contribution in [-0.4, -0.2) is 59.1 Å². The van der Waals surface area contributed by atoms with E-state index in [9.17, 15) is 65.0 Å². The number of halogens is 15. The average Bonchev–Trinajstić information content (AvgIpc) is 2.35. The number of hydrogen-bond acceptors (Lipinski definition) is 0. The van der Waals surface area contributed by atoms with Gasteiger partial charge in [0.05, 0.1) is 26.2 Å². The summed E-state index contributed by atoms with van der Waals surface area (Å²) in [4.78, 5) is 0. The van der Waals surface area contributed by atoms with Crippen molar-refractivity contribution in [3.63, 3.8) is 0 Å². The van der Waals surface area contributed by atoms with E-state index < -0.39 is 28.4 Å². The van der Waals surface area contributed by atoms with Crippen molar-refractivity contribution in [2.75, 3.05) is 26.2 Å². The molecule has 1 nitrogen and oxygen atoms in total. The number of rotatable bonds is 4. The molecule has 0 fully saturated rings. The Balaban J connectivity index is -0.0000000819. The number of quaternary nitrogens is 1. The second-order valence-electron chi connectivity index (χ2n) is 4.34. The van der Waals surface area contributed by atoms with Gasteiger partial charge in [0.25, 0.3) is 0 Å². The maximum absolute atomic E-state index is 9.75. The molecule has 0 heterocycles. The Bertz CT molecular complexity index is 247. The normalized spacial score (nSPS) is 11.6. The van der Waals surface area contributed by atoms with Crippen LogP contribution in [0.25, 0.3) is 0 Å². The molecule has 19 heteroatoms. The van der Waals surface area contributed by atoms with E-state index in [2.05, 4.69) is 27.7 Å². The fourth-order valence-corrected chi connectivity index (χ4v) is 1.34. The lowest BCUT2D eigenvalue weighted by atomic mass is 10.3. The molecular formula is C9H21B3F15N-2. The van der Waals surface area contributed by atoms with Crippen molar-refractivity contribution < 1.29 is 69.4 Å². The molecule has 0 bridgehead atoms. The zero-order valence-corrected chi connectivity index (χ0v) is 15.3. The highest BCUT2D eigenvalue weighted by Crippen LogP contribution is 2.07. The largest absolute Gasteiger partial charge is 0.673 e. The lowest BCUT2D eigenvalue weighted by molar-refractivity contribution is -0.921. The summed E-state index contributed by atoms with van der Waals surface area (Å²) >= 11 is 0. The molecule has 0 rings (SSSR count). The molecule has 0 aromatic carbocycles. The van der Waals surface area contributed by atoms with Crippen LogP contribution in [0.2, 0.25) is 0 Å². The minimum Gasteiger partial charge on any atom is -0.418 e. The Hall–Kier alpha value is -0.895. The van der Waals surface area contributed by atoms with Crippen molar-refractivity contribution in [2.45, 2.75) is 34.4 Å². The van der Waals surface area contributed by atoms with Gasteiger partial charge in [-0.15, -0.1) is 0 Å². The molecule has 0 aliphatic heterocycles. The molecule has 28 heavy (non-hydrogen) atoms. The van der Waals surface area contributed by atoms with Gasteiger partial charge in [0.1, 0.15) is 0 Å². The zero-order valence-electron chi connectivity index (χ0n) is 15.3. The van der Waals surface area contributed by atoms with Crippen molar-refractivity contribution in [1.29, 1.82) is 0 Å². The average molecular weight is 461 g/mol. The first kappa shape index (κ1) is 37.8. The Kier molecular flexibility index (Phi) is 24.5. The molecule has 178 valence electrons. The van der Waals surface area contributed by atoms with Crippen LogP contribution in [0.4, 0.5) is 65.0 Å². The van der Waals surface area contributed by atoms with Gasteiger partial charge in [-0.1, -0.05) is 0 Å². The minimum absolute atomic E-state index is 1.28. The van der Waals surface area contributed by atoms with E-state index >= 15 is 0 Å². The highest BCUT2D eigenvalue weighted by Gasteiger charge is 2.21. The van der Waals surface area contributed by atoms with Gasteiger partial charge in [-0.05, 0) is 27.7 Å². The SMILES string of the molecule is CC[N+](CC)(CC)CC.FC(F)F.F[B-](F)(F)F.F[B-](F)(F)F.F[B-](F)(F)F. The summed E-state index contributed by atoms with van der Waals surface area (Å²) in [6, 6.07) is 0. The second-order valence-corrected chi connectivity index (χ2v) is 4.34. The van der Waals surface area contributed by atoms with E-state index in [1.165, 1.54) is 30.7 Å². The monoisotopic (exact) mass is 461 g/mol. The number of nitrogens with zero attached hydrogens (tertiary/aromatic N) is 1. The molecule has 0 radical (unpaired) electrons. The summed E-state index contributed by atoms with van der Waals surface area (Å²) in [6.45, 7) is 10.6. The quantitative estimate of drug-likeness (QED) is 0.242. The molecule has 0 N–H and O–H groups in total. The minimum atomic E-state index is -6.00. The zero-order chi connectivity index (χ0) is 24.4. The highest BCUT2D eigenvalue weighted by atomic mass is 19.5. The fraction of sp³-hybridized carbons (Fsp3) is 1.00. The molecular weight excluding hydrogens is 440 g/mol. The van der Waals surface area contributed by atoms with E-state index in [0.29, 0.717) is 0 Å². The lowest BCUT2D eigenvalue weighted by Gasteiger charge is -2.34. The Labute approximate surface area is 153 Å². The van der Waals surface area contributed by atoms with Gasteiger partial charge in [0.15, 0.2) is 0 Å². The Morgan fingerprint density at radius 3 is 0.536 bits per heavy atom. The third kappa shape index (κ3) is 118. The standard InChI is InChI=1S/C8H20N.CHF3.3BF4/c1-5-9(6-2,7-3)8-4;2-1(3)4;3*2-1(3,4)5/h5-8H2,1-4H3;1H;;;/q+1;;3*-1. The molecule has 0 saturated heterocycles. The molecule has 0 aliphatic carbocycles. The number of alkyl halides is 3. The second kappa shape index (κ2) is 18.2. The first-order valence-electron chi connectivity index (χ1n) is 7.37. The van der Waals surface area contributed by atoms with Crippen LogP contribution >= 0.6 is 0 Å². The molecule has 0 spiro atoms. The van der Waals surface area contributed by atoms with Gasteiger partial charge >= 0.3 is 28.4 Å². The van der Waals surface area contributed by atoms with Crippen molar-refractivity contribution >= 4 is 21.8 Å². The van der Waals surface area contributed by atoms with Crippen LogP contribution in [0.15, 0.2) is 0 Å². The van der Waals surface area contributed by atoms with Gasteiger partial charge in [0.2, 0.25) is 0 Å². The first-order valence-corrected chi connectivity index (χ1v) is 7.37. The summed E-state index contributed by atoms with van der Waals surface area (Å²) in [5.41, 5.74) is 0. The maximum Gasteiger partial charge on any atom is 0.673 e. The smallest absolute Gasteiger partial charge is 0.418 e. The summed E-state index contributed by atoms with van der Waals surface area (Å²) in [6.07, 6.45) is 0. The summed E-state index contributed by atoms with van der Waals surface area (Å²) in [5.74, 6) is 0. The predicted molar refractivity (Wildman–Crippen MR) is 80.1 cm³/mol. The van der Waals surface area contributed by atoms with Crippen LogP contribution in [-0.2, 0) is 0 Å². The van der Waals surface area contributed by atoms with Crippen LogP contribution in [0.3, 0.4) is 0 Å². The van der Waals surface area contributed by atoms with Gasteiger partial charge in [-0.2, -0.15) is 13.2 Å². The van der Waals surface area contributed by atoms with Crippen LogP contribution in [0.1, 0.15) is 27.7 Å². The van der Waals surface area contributed by atoms with E-state index in [-0.39, 0.29) is 0 Å². The first-order chi connectivity index (χ1) is 12.0. The van der Waals surface area contributed by atoms with E-state index in [1.54, 1.807) is 0 Å². The molecule has 0 aliphatic rings.